The van der Waals surface area contributed by atoms with Gasteiger partial charge in [-0.1, -0.05) is 60.7 Å². The van der Waals surface area contributed by atoms with Crippen molar-refractivity contribution in [2.75, 3.05) is 0 Å². The van der Waals surface area contributed by atoms with Crippen LogP contribution in [-0.2, 0) is 22.7 Å². The first-order valence-electron chi connectivity index (χ1n) is 9.05. The minimum absolute atomic E-state index is 0.0327. The summed E-state index contributed by atoms with van der Waals surface area (Å²) in [5.41, 5.74) is 1.87. The summed E-state index contributed by atoms with van der Waals surface area (Å²) < 4.78 is 11.7. The number of ether oxygens (including phenoxy) is 2. The van der Waals surface area contributed by atoms with Gasteiger partial charge in [0.05, 0.1) is 30.8 Å². The molecule has 0 aromatic heterocycles. The van der Waals surface area contributed by atoms with Crippen LogP contribution in [0, 0.1) is 0 Å². The van der Waals surface area contributed by atoms with E-state index < -0.39 is 35.9 Å². The molecule has 0 radical (unpaired) electrons. The Bertz CT molecular complexity index is 683. The van der Waals surface area contributed by atoms with E-state index >= 15 is 0 Å². The molecule has 0 unspecified atom stereocenters. The molecule has 146 valence electrons. The van der Waals surface area contributed by atoms with Crippen molar-refractivity contribution in [3.63, 3.8) is 0 Å². The van der Waals surface area contributed by atoms with E-state index in [0.29, 0.717) is 0 Å². The van der Waals surface area contributed by atoms with Gasteiger partial charge in [-0.25, -0.2) is 0 Å². The van der Waals surface area contributed by atoms with Gasteiger partial charge in [-0.2, -0.15) is 0 Å². The molecule has 3 N–H and O–H groups in total. The van der Waals surface area contributed by atoms with Crippen LogP contribution in [0.1, 0.15) is 17.5 Å². The van der Waals surface area contributed by atoms with Gasteiger partial charge in [-0.15, -0.1) is 11.6 Å². The molecule has 2 aromatic rings. The molecule has 0 saturated heterocycles. The Morgan fingerprint density at radius 3 is 1.74 bits per heavy atom. The average molecular weight is 393 g/mol. The highest BCUT2D eigenvalue weighted by Crippen LogP contribution is 2.30. The molecule has 0 amide bonds. The molecule has 3 rings (SSSR count). The highest BCUT2D eigenvalue weighted by atomic mass is 35.5. The van der Waals surface area contributed by atoms with Gasteiger partial charge in [-0.05, 0) is 11.1 Å². The maximum absolute atomic E-state index is 10.5. The Labute approximate surface area is 164 Å². The first kappa shape index (κ1) is 20.3. The fourth-order valence-corrected chi connectivity index (χ4v) is 3.72. The Morgan fingerprint density at radius 2 is 1.22 bits per heavy atom. The van der Waals surface area contributed by atoms with Crippen molar-refractivity contribution >= 4 is 11.6 Å². The van der Waals surface area contributed by atoms with Crippen LogP contribution in [-0.4, -0.2) is 51.2 Å². The van der Waals surface area contributed by atoms with E-state index in [4.69, 9.17) is 21.1 Å². The largest absolute Gasteiger partial charge is 0.390 e. The van der Waals surface area contributed by atoms with Gasteiger partial charge >= 0.3 is 0 Å². The second-order valence-corrected chi connectivity index (χ2v) is 7.33. The lowest BCUT2D eigenvalue weighted by molar-refractivity contribution is -0.100. The van der Waals surface area contributed by atoms with E-state index in [9.17, 15) is 15.3 Å². The number of aliphatic hydroxyl groups is 3. The number of halogens is 1. The number of hydrogen-bond donors (Lipinski definition) is 3. The molecule has 0 spiro atoms. The normalized spacial score (nSPS) is 31.4. The second-order valence-electron chi connectivity index (χ2n) is 6.83. The lowest BCUT2D eigenvalue weighted by Gasteiger charge is -2.31. The third-order valence-corrected chi connectivity index (χ3v) is 5.29. The van der Waals surface area contributed by atoms with E-state index in [2.05, 4.69) is 0 Å². The predicted octanol–water partition coefficient (Wildman–Crippen LogP) is 2.25. The van der Waals surface area contributed by atoms with E-state index in [1.54, 1.807) is 0 Å². The summed E-state index contributed by atoms with van der Waals surface area (Å²) in [5.74, 6) is 0. The highest BCUT2D eigenvalue weighted by molar-refractivity contribution is 6.21. The molecule has 0 bridgehead atoms. The van der Waals surface area contributed by atoms with Crippen LogP contribution in [0.2, 0.25) is 0 Å². The lowest BCUT2D eigenvalue weighted by Crippen LogP contribution is -2.46. The molecular weight excluding hydrogens is 368 g/mol. The first-order valence-corrected chi connectivity index (χ1v) is 9.49. The molecule has 0 heterocycles. The maximum atomic E-state index is 10.5. The molecule has 1 aliphatic rings. The number of rotatable bonds is 6. The zero-order chi connectivity index (χ0) is 19.2. The maximum Gasteiger partial charge on any atom is 0.108 e. The number of hydrogen-bond acceptors (Lipinski definition) is 5. The lowest BCUT2D eigenvalue weighted by atomic mass is 10.1. The van der Waals surface area contributed by atoms with Crippen molar-refractivity contribution in [3.05, 3.63) is 71.8 Å². The summed E-state index contributed by atoms with van der Waals surface area (Å²) in [6.07, 6.45) is -5.05. The van der Waals surface area contributed by atoms with Crippen LogP contribution < -0.4 is 0 Å². The third-order valence-electron chi connectivity index (χ3n) is 4.79. The van der Waals surface area contributed by atoms with Crippen molar-refractivity contribution in [2.24, 2.45) is 0 Å². The van der Waals surface area contributed by atoms with Crippen molar-refractivity contribution in [1.29, 1.82) is 0 Å². The van der Waals surface area contributed by atoms with Crippen LogP contribution in [0.4, 0.5) is 0 Å². The van der Waals surface area contributed by atoms with Crippen molar-refractivity contribution in [1.82, 2.24) is 0 Å². The van der Waals surface area contributed by atoms with Crippen LogP contribution >= 0.6 is 11.6 Å². The summed E-state index contributed by atoms with van der Waals surface area (Å²) in [4.78, 5) is 0. The van der Waals surface area contributed by atoms with Crippen LogP contribution in [0.25, 0.3) is 0 Å². The Hall–Kier alpha value is -1.47. The molecule has 6 atom stereocenters. The fraction of sp³-hybridized carbons (Fsp3) is 0.429. The first-order chi connectivity index (χ1) is 13.1. The van der Waals surface area contributed by atoms with Gasteiger partial charge < -0.3 is 24.8 Å². The second kappa shape index (κ2) is 9.64. The van der Waals surface area contributed by atoms with Crippen LogP contribution in [0.15, 0.2) is 60.7 Å². The number of alkyl halides is 1. The number of benzene rings is 2. The molecule has 1 fully saturated rings. The van der Waals surface area contributed by atoms with Crippen molar-refractivity contribution in [3.8, 4) is 0 Å². The highest BCUT2D eigenvalue weighted by Gasteiger charge is 2.45. The standard InChI is InChI=1S/C21H25ClO5/c22-18-20(26-12-14-7-3-1-4-8-14)17(24)11-16(23)19(25)21(18)27-13-15-9-5-2-6-10-15/h1-10,16-21,23-25H,11-13H2/t16-,17+,18+,19-,20-,21-/m0/s1. The molecule has 5 nitrogen and oxygen atoms in total. The van der Waals surface area contributed by atoms with Gasteiger partial charge in [0.25, 0.3) is 0 Å². The Balaban J connectivity index is 1.70. The smallest absolute Gasteiger partial charge is 0.108 e. The molecule has 1 aliphatic carbocycles. The monoisotopic (exact) mass is 392 g/mol. The van der Waals surface area contributed by atoms with E-state index in [1.165, 1.54) is 0 Å². The molecule has 27 heavy (non-hydrogen) atoms. The molecule has 2 aromatic carbocycles. The molecule has 1 saturated carbocycles. The predicted molar refractivity (Wildman–Crippen MR) is 102 cm³/mol. The average Bonchev–Trinajstić information content (AvgIpc) is 2.76. The van der Waals surface area contributed by atoms with Gasteiger partial charge in [0.2, 0.25) is 0 Å². The summed E-state index contributed by atoms with van der Waals surface area (Å²) in [6.45, 7) is 0.503. The third kappa shape index (κ3) is 5.29. The van der Waals surface area contributed by atoms with E-state index in [0.717, 1.165) is 11.1 Å². The van der Waals surface area contributed by atoms with Crippen LogP contribution in [0.5, 0.6) is 0 Å². The SMILES string of the molecule is O[C@@H]1[C@@H](OCc2ccccc2)[C@H](Cl)[C@@H](OCc2ccccc2)[C@H](O)C[C@@H]1O. The van der Waals surface area contributed by atoms with E-state index in [-0.39, 0.29) is 19.6 Å². The molecular formula is C21H25ClO5. The van der Waals surface area contributed by atoms with Crippen molar-refractivity contribution in [2.45, 2.75) is 55.5 Å². The van der Waals surface area contributed by atoms with Crippen LogP contribution in [0.3, 0.4) is 0 Å². The van der Waals surface area contributed by atoms with E-state index in [1.807, 2.05) is 60.7 Å². The Kier molecular flexibility index (Phi) is 7.24. The summed E-state index contributed by atoms with van der Waals surface area (Å²) in [6, 6.07) is 19.0. The topological polar surface area (TPSA) is 79.2 Å². The van der Waals surface area contributed by atoms with Gasteiger partial charge in [0, 0.05) is 6.42 Å². The summed E-state index contributed by atoms with van der Waals surface area (Å²) in [5, 5.41) is 30.3. The quantitative estimate of drug-likeness (QED) is 0.519. The zero-order valence-corrected chi connectivity index (χ0v) is 15.7. The van der Waals surface area contributed by atoms with Gasteiger partial charge in [-0.3, -0.25) is 0 Å². The summed E-state index contributed by atoms with van der Waals surface area (Å²) in [7, 11) is 0. The zero-order valence-electron chi connectivity index (χ0n) is 14.9. The minimum Gasteiger partial charge on any atom is -0.390 e. The molecule has 6 heteroatoms. The molecule has 0 aliphatic heterocycles. The number of aliphatic hydroxyl groups excluding tert-OH is 3. The fourth-order valence-electron chi connectivity index (χ4n) is 3.25. The summed E-state index contributed by atoms with van der Waals surface area (Å²) >= 11 is 6.56. The van der Waals surface area contributed by atoms with Gasteiger partial charge in [0.1, 0.15) is 18.3 Å². The minimum atomic E-state index is -1.21. The van der Waals surface area contributed by atoms with Crippen molar-refractivity contribution < 1.29 is 24.8 Å². The Morgan fingerprint density at radius 1 is 0.741 bits per heavy atom. The van der Waals surface area contributed by atoms with Gasteiger partial charge in [0.15, 0.2) is 0 Å².